The number of nitrogens with two attached hydrogens (primary N) is 1. The van der Waals surface area contributed by atoms with Crippen LogP contribution in [0.15, 0.2) is 30.3 Å². The summed E-state index contributed by atoms with van der Waals surface area (Å²) in [5.74, 6) is 0.496. The Labute approximate surface area is 117 Å². The molecule has 2 aromatic heterocycles. The highest BCUT2D eigenvalue weighted by Gasteiger charge is 2.15. The Hall–Kier alpha value is -2.36. The van der Waals surface area contributed by atoms with Gasteiger partial charge in [-0.15, -0.1) is 0 Å². The van der Waals surface area contributed by atoms with Crippen LogP contribution in [0.4, 0.5) is 5.95 Å². The predicted molar refractivity (Wildman–Crippen MR) is 80.0 cm³/mol. The Morgan fingerprint density at radius 2 is 1.90 bits per heavy atom. The van der Waals surface area contributed by atoms with Crippen molar-refractivity contribution < 1.29 is 0 Å². The summed E-state index contributed by atoms with van der Waals surface area (Å²) in [7, 11) is 0. The minimum absolute atomic E-state index is 0.496. The van der Waals surface area contributed by atoms with Gasteiger partial charge in [0.15, 0.2) is 5.65 Å². The fourth-order valence-corrected chi connectivity index (χ4v) is 3.02. The van der Waals surface area contributed by atoms with Gasteiger partial charge in [0.05, 0.1) is 5.69 Å². The molecule has 2 N–H and O–H groups in total. The van der Waals surface area contributed by atoms with Crippen molar-refractivity contribution in [3.63, 3.8) is 0 Å². The molecule has 20 heavy (non-hydrogen) atoms. The maximum Gasteiger partial charge on any atom is 0.207 e. The van der Waals surface area contributed by atoms with Crippen molar-refractivity contribution in [1.29, 1.82) is 0 Å². The molecule has 1 aliphatic rings. The Morgan fingerprint density at radius 3 is 2.80 bits per heavy atom. The zero-order chi connectivity index (χ0) is 13.7. The first kappa shape index (κ1) is 11.5. The van der Waals surface area contributed by atoms with E-state index in [0.29, 0.717) is 5.95 Å². The summed E-state index contributed by atoms with van der Waals surface area (Å²) in [6.07, 6.45) is 3.59. The fraction of sp³-hybridized carbons (Fsp3) is 0.250. The standard InChI is InChI=1S/C16H16N4/c1-10-5-8-14-15(18-10)20(16(17)19-14)13-7-6-11-3-2-4-12(11)9-13/h5-9H,2-4H2,1H3,(H2,17,19). The maximum absolute atomic E-state index is 6.09. The molecule has 0 atom stereocenters. The monoisotopic (exact) mass is 264 g/mol. The molecule has 4 rings (SSSR count). The van der Waals surface area contributed by atoms with Gasteiger partial charge < -0.3 is 5.73 Å². The number of pyridine rings is 1. The molecule has 0 unspecified atom stereocenters. The van der Waals surface area contributed by atoms with E-state index in [1.807, 2.05) is 23.6 Å². The zero-order valence-electron chi connectivity index (χ0n) is 11.4. The van der Waals surface area contributed by atoms with Crippen LogP contribution < -0.4 is 5.73 Å². The molecule has 1 aliphatic carbocycles. The minimum Gasteiger partial charge on any atom is -0.369 e. The number of anilines is 1. The van der Waals surface area contributed by atoms with Crippen molar-refractivity contribution in [2.75, 3.05) is 5.73 Å². The summed E-state index contributed by atoms with van der Waals surface area (Å²) in [5.41, 5.74) is 12.7. The average Bonchev–Trinajstić information content (AvgIpc) is 3.00. The van der Waals surface area contributed by atoms with Crippen LogP contribution in [0, 0.1) is 6.92 Å². The number of rotatable bonds is 1. The van der Waals surface area contributed by atoms with E-state index in [9.17, 15) is 0 Å². The van der Waals surface area contributed by atoms with Gasteiger partial charge in [-0.05, 0) is 61.6 Å². The first-order valence-corrected chi connectivity index (χ1v) is 6.96. The molecule has 4 nitrogen and oxygen atoms in total. The second kappa shape index (κ2) is 4.07. The van der Waals surface area contributed by atoms with Crippen LogP contribution in [0.1, 0.15) is 23.2 Å². The van der Waals surface area contributed by atoms with E-state index >= 15 is 0 Å². The summed E-state index contributed by atoms with van der Waals surface area (Å²) in [6, 6.07) is 10.5. The second-order valence-electron chi connectivity index (χ2n) is 5.41. The van der Waals surface area contributed by atoms with E-state index in [4.69, 9.17) is 5.73 Å². The quantitative estimate of drug-likeness (QED) is 0.735. The summed E-state index contributed by atoms with van der Waals surface area (Å²) < 4.78 is 1.95. The number of benzene rings is 1. The number of nitrogens with zero attached hydrogens (tertiary/aromatic N) is 3. The first-order valence-electron chi connectivity index (χ1n) is 6.96. The van der Waals surface area contributed by atoms with Crippen molar-refractivity contribution in [3.05, 3.63) is 47.2 Å². The maximum atomic E-state index is 6.09. The lowest BCUT2D eigenvalue weighted by Gasteiger charge is -2.08. The average molecular weight is 264 g/mol. The summed E-state index contributed by atoms with van der Waals surface area (Å²) >= 11 is 0. The number of imidazole rings is 1. The molecule has 0 saturated carbocycles. The fourth-order valence-electron chi connectivity index (χ4n) is 3.02. The van der Waals surface area contributed by atoms with E-state index < -0.39 is 0 Å². The van der Waals surface area contributed by atoms with Crippen molar-refractivity contribution in [2.24, 2.45) is 0 Å². The minimum atomic E-state index is 0.496. The molecule has 100 valence electrons. The van der Waals surface area contributed by atoms with E-state index in [1.165, 1.54) is 24.0 Å². The Morgan fingerprint density at radius 1 is 1.05 bits per heavy atom. The molecule has 0 spiro atoms. The molecular weight excluding hydrogens is 248 g/mol. The molecule has 0 amide bonds. The van der Waals surface area contributed by atoms with Crippen molar-refractivity contribution >= 4 is 17.1 Å². The van der Waals surface area contributed by atoms with Crippen LogP contribution in [0.5, 0.6) is 0 Å². The van der Waals surface area contributed by atoms with Gasteiger partial charge in [-0.2, -0.15) is 0 Å². The first-order chi connectivity index (χ1) is 9.72. The van der Waals surface area contributed by atoms with Crippen LogP contribution in [-0.4, -0.2) is 14.5 Å². The van der Waals surface area contributed by atoms with Gasteiger partial charge in [-0.1, -0.05) is 6.07 Å². The van der Waals surface area contributed by atoms with Crippen LogP contribution in [-0.2, 0) is 12.8 Å². The van der Waals surface area contributed by atoms with E-state index in [0.717, 1.165) is 29.0 Å². The Bertz CT molecular complexity index is 817. The van der Waals surface area contributed by atoms with Gasteiger partial charge in [0.2, 0.25) is 5.95 Å². The molecule has 0 saturated heterocycles. The molecule has 0 bridgehead atoms. The predicted octanol–water partition coefficient (Wildman–Crippen LogP) is 2.80. The van der Waals surface area contributed by atoms with E-state index in [1.54, 1.807) is 0 Å². The number of nitrogen functional groups attached to an aromatic ring is 1. The lowest BCUT2D eigenvalue weighted by molar-refractivity contribution is 0.911. The van der Waals surface area contributed by atoms with Crippen LogP contribution in [0.3, 0.4) is 0 Å². The largest absolute Gasteiger partial charge is 0.369 e. The van der Waals surface area contributed by atoms with Crippen molar-refractivity contribution in [2.45, 2.75) is 26.2 Å². The van der Waals surface area contributed by atoms with Gasteiger partial charge in [0.25, 0.3) is 0 Å². The third-order valence-corrected chi connectivity index (χ3v) is 4.01. The number of fused-ring (bicyclic) bond motifs is 2. The number of hydrogen-bond acceptors (Lipinski definition) is 3. The third-order valence-electron chi connectivity index (χ3n) is 4.01. The van der Waals surface area contributed by atoms with Crippen LogP contribution in [0.25, 0.3) is 16.9 Å². The van der Waals surface area contributed by atoms with Gasteiger partial charge >= 0.3 is 0 Å². The summed E-state index contributed by atoms with van der Waals surface area (Å²) in [5, 5.41) is 0. The molecule has 0 aliphatic heterocycles. The molecule has 3 aromatic rings. The smallest absolute Gasteiger partial charge is 0.207 e. The van der Waals surface area contributed by atoms with Gasteiger partial charge in [0.1, 0.15) is 5.52 Å². The van der Waals surface area contributed by atoms with Gasteiger partial charge in [-0.25, -0.2) is 9.97 Å². The van der Waals surface area contributed by atoms with Gasteiger partial charge in [-0.3, -0.25) is 4.57 Å². The molecule has 2 heterocycles. The van der Waals surface area contributed by atoms with Gasteiger partial charge in [0, 0.05) is 5.69 Å². The van der Waals surface area contributed by atoms with Crippen LogP contribution >= 0.6 is 0 Å². The molecule has 1 aromatic carbocycles. The summed E-state index contributed by atoms with van der Waals surface area (Å²) in [6.45, 7) is 1.98. The number of hydrogen-bond donors (Lipinski definition) is 1. The topological polar surface area (TPSA) is 56.7 Å². The Balaban J connectivity index is 1.97. The highest BCUT2D eigenvalue weighted by molar-refractivity contribution is 5.77. The molecule has 4 heteroatoms. The zero-order valence-corrected chi connectivity index (χ0v) is 11.4. The normalized spacial score (nSPS) is 13.8. The molecule has 0 radical (unpaired) electrons. The second-order valence-corrected chi connectivity index (χ2v) is 5.41. The lowest BCUT2D eigenvalue weighted by atomic mass is 10.1. The van der Waals surface area contributed by atoms with Crippen molar-refractivity contribution in [3.8, 4) is 5.69 Å². The van der Waals surface area contributed by atoms with Crippen LogP contribution in [0.2, 0.25) is 0 Å². The summed E-state index contributed by atoms with van der Waals surface area (Å²) in [4.78, 5) is 8.99. The van der Waals surface area contributed by atoms with Crippen molar-refractivity contribution in [1.82, 2.24) is 14.5 Å². The highest BCUT2D eigenvalue weighted by atomic mass is 15.2. The number of aromatic nitrogens is 3. The lowest BCUT2D eigenvalue weighted by Crippen LogP contribution is -2.02. The SMILES string of the molecule is Cc1ccc2nc(N)n(-c3ccc4c(c3)CCC4)c2n1. The molecular formula is C16H16N4. The van der Waals surface area contributed by atoms with E-state index in [2.05, 4.69) is 28.2 Å². The Kier molecular flexibility index (Phi) is 2.33. The highest BCUT2D eigenvalue weighted by Crippen LogP contribution is 2.27. The molecule has 0 fully saturated rings. The third kappa shape index (κ3) is 1.61. The van der Waals surface area contributed by atoms with E-state index in [-0.39, 0.29) is 0 Å². The number of aryl methyl sites for hydroxylation is 3.